The number of nitrogens with zero attached hydrogens (tertiary/aromatic N) is 4. The third-order valence-corrected chi connectivity index (χ3v) is 7.40. The molecule has 1 aliphatic heterocycles. The van der Waals surface area contributed by atoms with Gasteiger partial charge < -0.3 is 0 Å². The van der Waals surface area contributed by atoms with E-state index in [0.717, 1.165) is 23.4 Å². The Hall–Kier alpha value is -1.62. The molecule has 2 aromatic rings. The summed E-state index contributed by atoms with van der Waals surface area (Å²) in [6, 6.07) is -0.103. The van der Waals surface area contributed by atoms with Gasteiger partial charge in [0.2, 0.25) is 0 Å². The number of thiazole rings is 1. The van der Waals surface area contributed by atoms with E-state index in [1.165, 1.54) is 22.2 Å². The predicted molar refractivity (Wildman–Crippen MR) is 96.9 cm³/mol. The van der Waals surface area contributed by atoms with Crippen LogP contribution in [-0.2, 0) is 0 Å². The van der Waals surface area contributed by atoms with Gasteiger partial charge in [0.1, 0.15) is 0 Å². The van der Waals surface area contributed by atoms with Crippen molar-refractivity contribution in [3.05, 3.63) is 32.1 Å². The Morgan fingerprint density at radius 3 is 2.92 bits per heavy atom. The second-order valence-electron chi connectivity index (χ2n) is 6.25. The van der Waals surface area contributed by atoms with Crippen molar-refractivity contribution in [2.45, 2.75) is 32.2 Å². The molecule has 1 atom stereocenters. The Balaban J connectivity index is 1.55. The van der Waals surface area contributed by atoms with Gasteiger partial charge in [0.25, 0.3) is 0 Å². The average Bonchev–Trinajstić information content (AvgIpc) is 3.05. The van der Waals surface area contributed by atoms with Crippen molar-refractivity contribution in [2.24, 2.45) is 9.13 Å². The summed E-state index contributed by atoms with van der Waals surface area (Å²) in [7, 11) is 0. The van der Waals surface area contributed by atoms with Crippen molar-refractivity contribution in [1.29, 1.82) is 0 Å². The zero-order valence-corrected chi connectivity index (χ0v) is 17.5. The van der Waals surface area contributed by atoms with Gasteiger partial charge in [0, 0.05) is 0 Å². The van der Waals surface area contributed by atoms with Crippen molar-refractivity contribution < 1.29 is 13.6 Å². The molecule has 0 bridgehead atoms. The van der Waals surface area contributed by atoms with Crippen LogP contribution in [0.1, 0.15) is 53.4 Å². The van der Waals surface area contributed by atoms with Gasteiger partial charge in [-0.25, -0.2) is 0 Å². The molecule has 2 aromatic heterocycles. The molecule has 1 aliphatic carbocycles. The number of aromatic nitrogens is 3. The zero-order valence-electron chi connectivity index (χ0n) is 13.8. The molecule has 1 unspecified atom stereocenters. The van der Waals surface area contributed by atoms with Crippen molar-refractivity contribution in [3.63, 3.8) is 0 Å². The second-order valence-corrected chi connectivity index (χ2v) is 9.40. The number of hydrogen-bond donors (Lipinski definition) is 1. The third kappa shape index (κ3) is 3.46. The van der Waals surface area contributed by atoms with Crippen LogP contribution in [0.3, 0.4) is 0 Å². The van der Waals surface area contributed by atoms with E-state index in [1.54, 1.807) is 11.6 Å². The standard InChI is InChI=1S/C16H15F2N5OS.Sn/c1-8(5-19)16-22-12(7-25-16)15(24)21-11-6-20-23(13(11)14(17)18)9(2)10-3-4-10;/h1,5-7,9-10,14H,3-4H2,2H3,(H,21,24);/q-1;+1. The summed E-state index contributed by atoms with van der Waals surface area (Å²) in [5, 5.41) is 9.00. The summed E-state index contributed by atoms with van der Waals surface area (Å²) in [4.78, 5) is 16.8. The van der Waals surface area contributed by atoms with Crippen LogP contribution in [0.5, 0.6) is 0 Å². The van der Waals surface area contributed by atoms with Crippen LogP contribution in [-0.4, -0.2) is 48.3 Å². The monoisotopic (exact) mass is 483 g/mol. The summed E-state index contributed by atoms with van der Waals surface area (Å²) in [6.07, 6.45) is 2.41. The molecule has 2 aliphatic rings. The minimum absolute atomic E-state index is 0.0442. The van der Waals surface area contributed by atoms with Crippen molar-refractivity contribution in [2.75, 3.05) is 5.32 Å². The minimum atomic E-state index is -2.72. The fraction of sp³-hybridized carbons (Fsp3) is 0.375. The normalized spacial score (nSPS) is 17.6. The van der Waals surface area contributed by atoms with Crippen molar-refractivity contribution >= 4 is 56.1 Å². The van der Waals surface area contributed by atoms with Crippen LogP contribution in [0.2, 0.25) is 0 Å². The van der Waals surface area contributed by atoms with Gasteiger partial charge in [-0.2, -0.15) is 0 Å². The number of anilines is 1. The molecule has 0 aromatic carbocycles. The van der Waals surface area contributed by atoms with Gasteiger partial charge in [-0.3, -0.25) is 0 Å². The number of carbonyl (C=O) groups excluding carboxylic acids is 1. The fourth-order valence-electron chi connectivity index (χ4n) is 2.85. The molecule has 134 valence electrons. The number of carbonyl (C=O) groups is 1. The molecule has 1 N–H and O–H groups in total. The van der Waals surface area contributed by atoms with Gasteiger partial charge in [-0.05, 0) is 12.8 Å². The van der Waals surface area contributed by atoms with Gasteiger partial charge in [0.15, 0.2) is 0 Å². The Kier molecular flexibility index (Phi) is 4.91. The first-order valence-electron chi connectivity index (χ1n) is 8.16. The van der Waals surface area contributed by atoms with E-state index in [4.69, 9.17) is 0 Å². The van der Waals surface area contributed by atoms with Crippen LogP contribution < -0.4 is 5.32 Å². The number of nitrogens with one attached hydrogen (secondary N) is 1. The van der Waals surface area contributed by atoms with Gasteiger partial charge >= 0.3 is 150 Å². The molecular weight excluding hydrogens is 467 g/mol. The molecular formula is C16H15F2N5OSSn. The Bertz CT molecular complexity index is 902. The topological polar surface area (TPSA) is 72.2 Å². The van der Waals surface area contributed by atoms with E-state index in [9.17, 15) is 13.6 Å². The molecule has 1 saturated carbocycles. The Morgan fingerprint density at radius 2 is 2.27 bits per heavy atom. The number of alkyl halides is 2. The summed E-state index contributed by atoms with van der Waals surface area (Å²) >= 11 is 0.540. The molecule has 1 amide bonds. The van der Waals surface area contributed by atoms with E-state index in [-0.39, 0.29) is 23.1 Å². The van der Waals surface area contributed by atoms with Crippen molar-refractivity contribution in [3.8, 4) is 0 Å². The SMILES string of the molecule is CC(C1CC1)n1ncc(NC(=O)c2csc(C3=[CH][Sn][N]=C3)n2)c1C(F)F. The first-order chi connectivity index (χ1) is 12.5. The van der Waals surface area contributed by atoms with Crippen LogP contribution in [0.4, 0.5) is 14.5 Å². The molecule has 0 saturated heterocycles. The van der Waals surface area contributed by atoms with E-state index >= 15 is 0 Å². The van der Waals surface area contributed by atoms with Crippen LogP contribution in [0.25, 0.3) is 5.57 Å². The van der Waals surface area contributed by atoms with Crippen molar-refractivity contribution in [1.82, 2.24) is 14.8 Å². The molecule has 4 rings (SSSR count). The van der Waals surface area contributed by atoms with Crippen LogP contribution in [0, 0.1) is 5.92 Å². The molecule has 10 heteroatoms. The summed E-state index contributed by atoms with van der Waals surface area (Å²) in [5.41, 5.74) is 0.953. The fourth-order valence-corrected chi connectivity index (χ4v) is 5.76. The maximum atomic E-state index is 13.6. The average molecular weight is 482 g/mol. The first-order valence-corrected chi connectivity index (χ1v) is 12.0. The van der Waals surface area contributed by atoms with E-state index in [1.807, 2.05) is 6.92 Å². The quantitative estimate of drug-likeness (QED) is 0.641. The predicted octanol–water partition coefficient (Wildman–Crippen LogP) is 3.55. The number of hydrogen-bond acceptors (Lipinski definition) is 5. The molecule has 1 fully saturated rings. The first kappa shape index (κ1) is 17.8. The molecule has 0 spiro atoms. The van der Waals surface area contributed by atoms with E-state index in [2.05, 4.69) is 22.7 Å². The third-order valence-electron chi connectivity index (χ3n) is 4.46. The Labute approximate surface area is 163 Å². The van der Waals surface area contributed by atoms with Gasteiger partial charge in [-0.15, -0.1) is 0 Å². The van der Waals surface area contributed by atoms with Gasteiger partial charge in [-0.1, -0.05) is 0 Å². The molecule has 3 heterocycles. The van der Waals surface area contributed by atoms with Crippen LogP contribution >= 0.6 is 11.3 Å². The van der Waals surface area contributed by atoms with E-state index < -0.39 is 33.7 Å². The number of halogens is 2. The Morgan fingerprint density at radius 1 is 1.46 bits per heavy atom. The zero-order chi connectivity index (χ0) is 18.3. The summed E-state index contributed by atoms with van der Waals surface area (Å²) in [6.45, 7) is 1.88. The maximum absolute atomic E-state index is 13.6. The summed E-state index contributed by atoms with van der Waals surface area (Å²) in [5.74, 6) is -0.133. The molecule has 2 radical (unpaired) electrons. The molecule has 26 heavy (non-hydrogen) atoms. The summed E-state index contributed by atoms with van der Waals surface area (Å²) < 4.78 is 34.9. The van der Waals surface area contributed by atoms with E-state index in [0.29, 0.717) is 5.92 Å². The number of amides is 1. The number of allylic oxidation sites excluding steroid dienone is 1. The molecule has 6 nitrogen and oxygen atoms in total. The van der Waals surface area contributed by atoms with Crippen LogP contribution in [0.15, 0.2) is 18.9 Å². The number of rotatable bonds is 6. The second kappa shape index (κ2) is 7.18. The van der Waals surface area contributed by atoms with Gasteiger partial charge in [0.05, 0.1) is 0 Å².